The molecule has 0 aliphatic carbocycles. The minimum absolute atomic E-state index is 0.374. The Hall–Kier alpha value is -9.69. The lowest BCUT2D eigenvalue weighted by molar-refractivity contribution is 0.482. The third-order valence-electron chi connectivity index (χ3n) is 13.5. The number of pyridine rings is 1. The Morgan fingerprint density at radius 1 is 0.464 bits per heavy atom. The molecule has 0 unspecified atom stereocenters. The summed E-state index contributed by atoms with van der Waals surface area (Å²) in [5, 5.41) is 29.0. The molecule has 9 aromatic carbocycles. The van der Waals surface area contributed by atoms with Crippen molar-refractivity contribution < 1.29 is 4.74 Å². The maximum absolute atomic E-state index is 10.9. The van der Waals surface area contributed by atoms with E-state index in [9.17, 15) is 10.5 Å². The highest BCUT2D eigenvalue weighted by Gasteiger charge is 2.31. The van der Waals surface area contributed by atoms with Gasteiger partial charge in [-0.05, 0) is 87.3 Å². The smallest absolute Gasteiger partial charge is 0.147 e. The second-order valence-corrected chi connectivity index (χ2v) is 17.3. The van der Waals surface area contributed by atoms with Gasteiger partial charge in [-0.25, -0.2) is 4.98 Å². The fraction of sp³-hybridized carbons (Fsp3) is 0.0161. The van der Waals surface area contributed by atoms with E-state index in [2.05, 4.69) is 184 Å². The Kier molecular flexibility index (Phi) is 9.21. The molecular weight excluding hydrogens is 845 g/mol. The molecule has 1 aliphatic rings. The highest BCUT2D eigenvalue weighted by Crippen LogP contribution is 2.50. The van der Waals surface area contributed by atoms with Crippen LogP contribution in [0.4, 0.5) is 22.7 Å². The van der Waals surface area contributed by atoms with Crippen LogP contribution in [0, 0.1) is 22.7 Å². The number of fused-ring (bicyclic) bond motifs is 11. The first-order valence-electron chi connectivity index (χ1n) is 22.9. The largest absolute Gasteiger partial charge is 0.456 e. The van der Waals surface area contributed by atoms with Crippen LogP contribution in [0.5, 0.6) is 11.5 Å². The number of rotatable bonds is 6. The second-order valence-electron chi connectivity index (χ2n) is 17.3. The van der Waals surface area contributed by atoms with Crippen molar-refractivity contribution in [2.75, 3.05) is 16.5 Å². The molecule has 322 valence electrons. The van der Waals surface area contributed by atoms with Gasteiger partial charge in [0.15, 0.2) is 0 Å². The van der Waals surface area contributed by atoms with Gasteiger partial charge in [0.25, 0.3) is 0 Å². The van der Waals surface area contributed by atoms with Crippen LogP contribution in [0.2, 0.25) is 0 Å². The molecule has 0 bridgehead atoms. The summed E-state index contributed by atoms with van der Waals surface area (Å²) in [7, 11) is 0. The fourth-order valence-electron chi connectivity index (χ4n) is 10.5. The van der Waals surface area contributed by atoms with E-state index in [-0.39, 0.29) is 0 Å². The number of hydrogen-bond donors (Lipinski definition) is 0. The lowest BCUT2D eigenvalue weighted by Crippen LogP contribution is -2.24. The van der Waals surface area contributed by atoms with Gasteiger partial charge < -0.3 is 14.5 Å². The van der Waals surface area contributed by atoms with Gasteiger partial charge in [-0.2, -0.15) is 10.5 Å². The third kappa shape index (κ3) is 6.37. The summed E-state index contributed by atoms with van der Waals surface area (Å²) in [5.74, 6) is 0.998. The average Bonchev–Trinajstić information content (AvgIpc) is 3.97. The van der Waals surface area contributed by atoms with Crippen molar-refractivity contribution >= 4 is 82.5 Å². The first-order valence-corrected chi connectivity index (χ1v) is 22.9. The molecule has 0 saturated heterocycles. The Morgan fingerprint density at radius 3 is 1.68 bits per heavy atom. The maximum atomic E-state index is 10.9. The number of hydrogen-bond acceptors (Lipinski definition) is 6. The van der Waals surface area contributed by atoms with E-state index < -0.39 is 0 Å². The highest BCUT2D eigenvalue weighted by atomic mass is 16.5. The molecule has 0 fully saturated rings. The lowest BCUT2D eigenvalue weighted by Gasteiger charge is -2.27. The maximum Gasteiger partial charge on any atom is 0.147 e. The van der Waals surface area contributed by atoms with Crippen LogP contribution in [0.15, 0.2) is 219 Å². The van der Waals surface area contributed by atoms with Crippen molar-refractivity contribution in [2.24, 2.45) is 0 Å². The molecule has 0 saturated carbocycles. The normalized spacial score (nSPS) is 12.2. The van der Waals surface area contributed by atoms with Gasteiger partial charge in [0.05, 0.1) is 45.3 Å². The van der Waals surface area contributed by atoms with E-state index in [4.69, 9.17) is 9.72 Å². The van der Waals surface area contributed by atoms with Gasteiger partial charge in [-0.1, -0.05) is 146 Å². The summed E-state index contributed by atoms with van der Waals surface area (Å²) in [5.41, 5.74) is 12.1. The number of ether oxygens (including phenoxy) is 1. The van der Waals surface area contributed by atoms with Gasteiger partial charge >= 0.3 is 0 Å². The molecule has 0 radical (unpaired) electrons. The summed E-state index contributed by atoms with van der Waals surface area (Å²) in [6.45, 7) is 0.549. The number of aromatic nitrogens is 2. The predicted molar refractivity (Wildman–Crippen MR) is 280 cm³/mol. The quantitative estimate of drug-likeness (QED) is 0.165. The van der Waals surface area contributed by atoms with Gasteiger partial charge in [-0.3, -0.25) is 4.40 Å². The predicted octanol–water partition coefficient (Wildman–Crippen LogP) is 15.8. The Labute approximate surface area is 397 Å². The minimum atomic E-state index is 0.374. The standard InChI is InChI=1S/C62H38N6O/c63-37-40-32-54-51-25-10-8-23-49(51)48-22-7-9-24-50(48)52-28-15-31-65-62(52)68-58-36-59(43(38-64)34-53(58)55(33-40)61(54)68)69-45-21-13-20-44(35-45)66-39-67(57-30-12-11-29-56(57)66)60-46(41-16-3-1-4-17-41)26-14-27-47(60)42-18-5-2-6-19-42/h1-36H,39H2. The Bertz CT molecular complexity index is 4130. The zero-order chi connectivity index (χ0) is 46.0. The molecule has 69 heavy (non-hydrogen) atoms. The number of benzene rings is 9. The van der Waals surface area contributed by atoms with Gasteiger partial charge in [0.2, 0.25) is 0 Å². The highest BCUT2D eigenvalue weighted by molar-refractivity contribution is 6.25. The molecule has 0 atom stereocenters. The molecule has 0 amide bonds. The SMILES string of the molecule is N#Cc1cc2c3ccccc3c3ccccc3c3cccnc3n3c4cc(Oc5cccc(N6CN(c7c(-c8ccccc8)cccc7-c7ccccc7)c7ccccc76)c5)c(C#N)cc4c(c1)c23. The van der Waals surface area contributed by atoms with E-state index >= 15 is 0 Å². The first-order chi connectivity index (χ1) is 34.1. The van der Waals surface area contributed by atoms with Crippen LogP contribution in [0.1, 0.15) is 11.1 Å². The molecule has 0 spiro atoms. The van der Waals surface area contributed by atoms with Crippen LogP contribution in [0.3, 0.4) is 0 Å². The lowest BCUT2D eigenvalue weighted by atomic mass is 9.95. The first kappa shape index (κ1) is 39.7. The zero-order valence-electron chi connectivity index (χ0n) is 37.1. The zero-order valence-corrected chi connectivity index (χ0v) is 37.1. The third-order valence-corrected chi connectivity index (χ3v) is 13.5. The minimum Gasteiger partial charge on any atom is -0.456 e. The molecule has 7 nitrogen and oxygen atoms in total. The van der Waals surface area contributed by atoms with Crippen molar-refractivity contribution in [1.82, 2.24) is 9.38 Å². The molecule has 13 rings (SSSR count). The molecular formula is C62H38N6O. The van der Waals surface area contributed by atoms with E-state index in [0.717, 1.165) is 105 Å². The molecule has 7 heteroatoms. The van der Waals surface area contributed by atoms with Crippen LogP contribution >= 0.6 is 0 Å². The molecule has 12 aromatic rings. The number of para-hydroxylation sites is 3. The molecule has 1 aliphatic heterocycles. The van der Waals surface area contributed by atoms with Crippen LogP contribution < -0.4 is 14.5 Å². The van der Waals surface area contributed by atoms with Crippen LogP contribution in [-0.4, -0.2) is 16.1 Å². The monoisotopic (exact) mass is 882 g/mol. The van der Waals surface area contributed by atoms with Crippen molar-refractivity contribution in [1.29, 1.82) is 10.5 Å². The molecule has 4 heterocycles. The van der Waals surface area contributed by atoms with Crippen molar-refractivity contribution in [2.45, 2.75) is 0 Å². The molecule has 0 N–H and O–H groups in total. The summed E-state index contributed by atoms with van der Waals surface area (Å²) < 4.78 is 9.07. The summed E-state index contributed by atoms with van der Waals surface area (Å²) in [6, 6.07) is 77.9. The van der Waals surface area contributed by atoms with Crippen molar-refractivity contribution in [3.8, 4) is 45.9 Å². The van der Waals surface area contributed by atoms with E-state index in [1.165, 1.54) is 0 Å². The number of nitriles is 2. The van der Waals surface area contributed by atoms with Crippen LogP contribution in [0.25, 0.3) is 82.0 Å². The Balaban J connectivity index is 0.985. The fourth-order valence-corrected chi connectivity index (χ4v) is 10.5. The summed E-state index contributed by atoms with van der Waals surface area (Å²) >= 11 is 0. The van der Waals surface area contributed by atoms with Gasteiger partial charge in [0, 0.05) is 56.7 Å². The van der Waals surface area contributed by atoms with Crippen molar-refractivity contribution in [3.63, 3.8) is 0 Å². The van der Waals surface area contributed by atoms with Crippen molar-refractivity contribution in [3.05, 3.63) is 230 Å². The number of nitrogens with zero attached hydrogens (tertiary/aromatic N) is 6. The summed E-state index contributed by atoms with van der Waals surface area (Å²) in [4.78, 5) is 9.83. The molecule has 3 aromatic heterocycles. The van der Waals surface area contributed by atoms with E-state index in [1.807, 2.05) is 60.8 Å². The second kappa shape index (κ2) is 16.0. The van der Waals surface area contributed by atoms with Gasteiger partial charge in [0.1, 0.15) is 29.9 Å². The van der Waals surface area contributed by atoms with Crippen LogP contribution in [-0.2, 0) is 0 Å². The van der Waals surface area contributed by atoms with Gasteiger partial charge in [-0.15, -0.1) is 0 Å². The topological polar surface area (TPSA) is 80.6 Å². The average molecular weight is 883 g/mol. The Morgan fingerprint density at radius 2 is 1.03 bits per heavy atom. The number of anilines is 4. The summed E-state index contributed by atoms with van der Waals surface area (Å²) in [6.07, 6.45) is 1.82. The van der Waals surface area contributed by atoms with E-state index in [0.29, 0.717) is 29.3 Å². The van der Waals surface area contributed by atoms with E-state index in [1.54, 1.807) is 0 Å².